The highest BCUT2D eigenvalue weighted by molar-refractivity contribution is 5.96. The molecule has 0 aliphatic carbocycles. The molecule has 1 amide bonds. The van der Waals surface area contributed by atoms with Crippen molar-refractivity contribution >= 4 is 17.4 Å². The number of ether oxygens (including phenoxy) is 1. The molecule has 2 fully saturated rings. The number of piperidine rings is 1. The lowest BCUT2D eigenvalue weighted by atomic mass is 9.87. The van der Waals surface area contributed by atoms with E-state index in [-0.39, 0.29) is 53.5 Å². The molecule has 2 saturated heterocycles. The number of nitrogens with zero attached hydrogens (tertiary/aromatic N) is 2. The highest BCUT2D eigenvalue weighted by atomic mass is 19.4. The van der Waals surface area contributed by atoms with Gasteiger partial charge in [-0.1, -0.05) is 26.0 Å². The topological polar surface area (TPSA) is 49.9 Å². The Balaban J connectivity index is 1.41. The highest BCUT2D eigenvalue weighted by Gasteiger charge is 2.46. The van der Waals surface area contributed by atoms with Gasteiger partial charge in [0, 0.05) is 31.7 Å². The molecule has 1 unspecified atom stereocenters. The second kappa shape index (κ2) is 10.6. The molecule has 36 heavy (non-hydrogen) atoms. The average Bonchev–Trinajstić information content (AvgIpc) is 3.24. The number of rotatable bonds is 8. The van der Waals surface area contributed by atoms with Crippen LogP contribution in [0.1, 0.15) is 25.8 Å². The van der Waals surface area contributed by atoms with Gasteiger partial charge in [-0.05, 0) is 60.2 Å². The number of ketones is 1. The van der Waals surface area contributed by atoms with Crippen LogP contribution in [0, 0.1) is 23.6 Å². The second-order valence-electron chi connectivity index (χ2n) is 9.96. The minimum Gasteiger partial charge on any atom is -0.484 e. The maximum Gasteiger partial charge on any atom is 0.422 e. The van der Waals surface area contributed by atoms with Gasteiger partial charge in [-0.2, -0.15) is 13.2 Å². The van der Waals surface area contributed by atoms with Gasteiger partial charge in [-0.3, -0.25) is 14.5 Å². The summed E-state index contributed by atoms with van der Waals surface area (Å²) in [5.74, 6) is -0.303. The Bertz CT molecular complexity index is 1070. The molecule has 2 aliphatic heterocycles. The third-order valence-electron chi connectivity index (χ3n) is 6.97. The predicted octanol–water partition coefficient (Wildman–Crippen LogP) is 4.89. The van der Waals surface area contributed by atoms with Crippen LogP contribution in [0.2, 0.25) is 0 Å². The number of fused-ring (bicyclic) bond motifs is 1. The van der Waals surface area contributed by atoms with Crippen LogP contribution in [0.15, 0.2) is 48.5 Å². The number of benzene rings is 2. The predicted molar refractivity (Wildman–Crippen MR) is 127 cm³/mol. The molecule has 4 rings (SSSR count). The van der Waals surface area contributed by atoms with E-state index in [4.69, 9.17) is 4.74 Å². The van der Waals surface area contributed by atoms with Crippen LogP contribution in [0.3, 0.4) is 0 Å². The summed E-state index contributed by atoms with van der Waals surface area (Å²) in [5, 5.41) is 0. The minimum absolute atomic E-state index is 0.0359. The summed E-state index contributed by atoms with van der Waals surface area (Å²) in [6, 6.07) is 11.7. The van der Waals surface area contributed by atoms with E-state index in [2.05, 4.69) is 4.90 Å². The summed E-state index contributed by atoms with van der Waals surface area (Å²) in [4.78, 5) is 30.4. The molecule has 0 radical (unpaired) electrons. The van der Waals surface area contributed by atoms with E-state index in [0.29, 0.717) is 25.3 Å². The van der Waals surface area contributed by atoms with Crippen LogP contribution in [0.5, 0.6) is 5.75 Å². The van der Waals surface area contributed by atoms with E-state index < -0.39 is 12.8 Å². The maximum absolute atomic E-state index is 13.4. The Labute approximate surface area is 208 Å². The normalized spacial score (nSPS) is 21.5. The fraction of sp³-hybridized carbons (Fsp3) is 0.481. The monoisotopic (exact) mass is 506 g/mol. The first kappa shape index (κ1) is 26.1. The number of anilines is 1. The Morgan fingerprint density at radius 3 is 2.33 bits per heavy atom. The number of halogens is 4. The van der Waals surface area contributed by atoms with E-state index in [9.17, 15) is 27.2 Å². The third-order valence-corrected chi connectivity index (χ3v) is 6.97. The summed E-state index contributed by atoms with van der Waals surface area (Å²) in [6.45, 7) is 4.26. The lowest BCUT2D eigenvalue weighted by Gasteiger charge is -2.34. The molecule has 2 heterocycles. The molecule has 3 atom stereocenters. The van der Waals surface area contributed by atoms with E-state index in [1.54, 1.807) is 29.2 Å². The Morgan fingerprint density at radius 1 is 1.06 bits per heavy atom. The molecular weight excluding hydrogens is 476 g/mol. The number of hydrogen-bond acceptors (Lipinski definition) is 4. The number of amides is 1. The molecule has 0 aromatic heterocycles. The van der Waals surface area contributed by atoms with E-state index in [0.717, 1.165) is 12.0 Å². The molecule has 2 aromatic carbocycles. The van der Waals surface area contributed by atoms with Crippen molar-refractivity contribution in [2.24, 2.45) is 17.8 Å². The number of carbonyl (C=O) groups is 2. The van der Waals surface area contributed by atoms with Gasteiger partial charge in [-0.25, -0.2) is 4.39 Å². The smallest absolute Gasteiger partial charge is 0.422 e. The van der Waals surface area contributed by atoms with Crippen LogP contribution in [0.4, 0.5) is 23.2 Å². The molecule has 9 heteroatoms. The minimum atomic E-state index is -4.42. The van der Waals surface area contributed by atoms with Crippen LogP contribution >= 0.6 is 0 Å². The number of Topliss-reactive ketones (excluding diaryl/α,β-unsaturated/α-hetero) is 1. The van der Waals surface area contributed by atoms with Gasteiger partial charge in [-0.15, -0.1) is 0 Å². The number of likely N-dealkylation sites (tertiary alicyclic amines) is 1. The number of alkyl halides is 3. The number of carbonyl (C=O) groups excluding carboxylic acids is 2. The molecule has 5 nitrogen and oxygen atoms in total. The first-order chi connectivity index (χ1) is 17.0. The molecular formula is C27H30F4N2O3. The summed E-state index contributed by atoms with van der Waals surface area (Å²) < 4.78 is 55.1. The second-order valence-corrected chi connectivity index (χ2v) is 9.96. The van der Waals surface area contributed by atoms with Gasteiger partial charge in [0.1, 0.15) is 11.6 Å². The molecule has 0 bridgehead atoms. The molecule has 2 aromatic rings. The number of hydrogen-bond donors (Lipinski definition) is 0. The van der Waals surface area contributed by atoms with Crippen LogP contribution in [-0.4, -0.2) is 55.0 Å². The van der Waals surface area contributed by atoms with Crippen molar-refractivity contribution in [3.05, 3.63) is 59.9 Å². The van der Waals surface area contributed by atoms with Crippen molar-refractivity contribution in [3.63, 3.8) is 0 Å². The highest BCUT2D eigenvalue weighted by Crippen LogP contribution is 2.37. The van der Waals surface area contributed by atoms with Crippen LogP contribution < -0.4 is 9.64 Å². The average molecular weight is 507 g/mol. The van der Waals surface area contributed by atoms with Gasteiger partial charge in [0.05, 0.1) is 12.0 Å². The largest absolute Gasteiger partial charge is 0.484 e. The zero-order valence-electron chi connectivity index (χ0n) is 20.3. The van der Waals surface area contributed by atoms with Crippen molar-refractivity contribution < 1.29 is 31.9 Å². The summed E-state index contributed by atoms with van der Waals surface area (Å²) in [5.41, 5.74) is 1.37. The molecule has 2 aliphatic rings. The Hall–Kier alpha value is -2.94. The zero-order valence-corrected chi connectivity index (χ0v) is 20.3. The van der Waals surface area contributed by atoms with Gasteiger partial charge >= 0.3 is 6.18 Å². The van der Waals surface area contributed by atoms with Gasteiger partial charge in [0.15, 0.2) is 12.4 Å². The van der Waals surface area contributed by atoms with Gasteiger partial charge in [0.2, 0.25) is 5.91 Å². The van der Waals surface area contributed by atoms with E-state index in [1.807, 2.05) is 13.8 Å². The third kappa shape index (κ3) is 6.06. The van der Waals surface area contributed by atoms with E-state index in [1.165, 1.54) is 24.3 Å². The molecule has 194 valence electrons. The van der Waals surface area contributed by atoms with Crippen molar-refractivity contribution in [3.8, 4) is 5.75 Å². The van der Waals surface area contributed by atoms with Gasteiger partial charge < -0.3 is 9.64 Å². The van der Waals surface area contributed by atoms with Crippen LogP contribution in [-0.2, 0) is 16.0 Å². The molecule has 0 N–H and O–H groups in total. The lowest BCUT2D eigenvalue weighted by Crippen LogP contribution is -2.46. The van der Waals surface area contributed by atoms with Crippen molar-refractivity contribution in [2.45, 2.75) is 38.9 Å². The fourth-order valence-corrected chi connectivity index (χ4v) is 5.36. The molecule has 0 saturated carbocycles. The van der Waals surface area contributed by atoms with Crippen molar-refractivity contribution in [1.82, 2.24) is 4.90 Å². The standard InChI is InChI=1S/C27H30F4N2O3/c1-17(2)25(24(34)13-18-3-5-20(28)6-4-18)32-14-19-11-12-33(26(35)23(19)15-32)21-7-9-22(10-8-21)36-16-27(29,30)31/h3-10,17,19,23,25H,11-16H2,1-2H3/t19-,23+,25?/m1/s1. The van der Waals surface area contributed by atoms with E-state index >= 15 is 0 Å². The summed E-state index contributed by atoms with van der Waals surface area (Å²) >= 11 is 0. The first-order valence-corrected chi connectivity index (χ1v) is 12.1. The lowest BCUT2D eigenvalue weighted by molar-refractivity contribution is -0.153. The van der Waals surface area contributed by atoms with Crippen LogP contribution in [0.25, 0.3) is 0 Å². The first-order valence-electron chi connectivity index (χ1n) is 12.1. The Morgan fingerprint density at radius 2 is 1.72 bits per heavy atom. The summed E-state index contributed by atoms with van der Waals surface area (Å²) in [7, 11) is 0. The maximum atomic E-state index is 13.4. The van der Waals surface area contributed by atoms with Crippen molar-refractivity contribution in [2.75, 3.05) is 31.1 Å². The fourth-order valence-electron chi connectivity index (χ4n) is 5.36. The Kier molecular flexibility index (Phi) is 7.68. The van der Waals surface area contributed by atoms with Crippen molar-refractivity contribution in [1.29, 1.82) is 0 Å². The quantitative estimate of drug-likeness (QED) is 0.479. The molecule has 0 spiro atoms. The summed E-state index contributed by atoms with van der Waals surface area (Å²) in [6.07, 6.45) is -3.44. The SMILES string of the molecule is CC(C)C(C(=O)Cc1ccc(F)cc1)N1C[C@H]2CCN(c3ccc(OCC(F)(F)F)cc3)C(=O)[C@H]2C1. The van der Waals surface area contributed by atoms with Gasteiger partial charge in [0.25, 0.3) is 0 Å². The zero-order chi connectivity index (χ0) is 26.0.